The first-order chi connectivity index (χ1) is 6.24. The Morgan fingerprint density at radius 2 is 1.92 bits per heavy atom. The van der Waals surface area contributed by atoms with Gasteiger partial charge in [-0.05, 0) is 32.6 Å². The summed E-state index contributed by atoms with van der Waals surface area (Å²) in [6, 6.07) is 1.15. The van der Waals surface area contributed by atoms with E-state index in [1.165, 1.54) is 25.7 Å². The fourth-order valence-electron chi connectivity index (χ4n) is 2.34. The van der Waals surface area contributed by atoms with Crippen LogP contribution < -0.4 is 5.32 Å². The molecule has 0 heterocycles. The van der Waals surface area contributed by atoms with Gasteiger partial charge in [0.2, 0.25) is 0 Å². The Morgan fingerprint density at radius 3 is 2.46 bits per heavy atom. The quantitative estimate of drug-likeness (QED) is 0.709. The molecule has 0 bridgehead atoms. The van der Waals surface area contributed by atoms with E-state index >= 15 is 0 Å². The molecule has 1 N–H and O–H groups in total. The zero-order valence-corrected chi connectivity index (χ0v) is 9.18. The number of ether oxygens (including phenoxy) is 1. The summed E-state index contributed by atoms with van der Waals surface area (Å²) in [5.74, 6) is 0.902. The highest BCUT2D eigenvalue weighted by Crippen LogP contribution is 2.27. The molecule has 0 aromatic carbocycles. The van der Waals surface area contributed by atoms with E-state index in [1.807, 2.05) is 0 Å². The van der Waals surface area contributed by atoms with Gasteiger partial charge in [-0.3, -0.25) is 0 Å². The topological polar surface area (TPSA) is 21.3 Å². The molecule has 13 heavy (non-hydrogen) atoms. The molecule has 78 valence electrons. The molecule has 2 heteroatoms. The van der Waals surface area contributed by atoms with E-state index in [4.69, 9.17) is 4.74 Å². The lowest BCUT2D eigenvalue weighted by Gasteiger charge is -2.24. The highest BCUT2D eigenvalue weighted by Gasteiger charge is 2.22. The van der Waals surface area contributed by atoms with Crippen molar-refractivity contribution in [2.75, 3.05) is 13.7 Å². The highest BCUT2D eigenvalue weighted by atomic mass is 16.5. The molecule has 2 atom stereocenters. The van der Waals surface area contributed by atoms with Gasteiger partial charge in [-0.25, -0.2) is 0 Å². The molecule has 1 rings (SSSR count). The van der Waals surface area contributed by atoms with Gasteiger partial charge in [0.15, 0.2) is 0 Å². The minimum atomic E-state index is 0.487. The van der Waals surface area contributed by atoms with E-state index in [1.54, 1.807) is 7.11 Å². The molecular formula is C11H23NO. The molecule has 1 saturated carbocycles. The van der Waals surface area contributed by atoms with Crippen LogP contribution in [0, 0.1) is 5.92 Å². The van der Waals surface area contributed by atoms with Crippen LogP contribution in [0.1, 0.15) is 39.5 Å². The SMILES string of the molecule is COCC(C)NC(C)C1CCCC1. The average molecular weight is 185 g/mol. The van der Waals surface area contributed by atoms with E-state index in [-0.39, 0.29) is 0 Å². The summed E-state index contributed by atoms with van der Waals surface area (Å²) in [6.07, 6.45) is 5.67. The molecule has 0 aromatic heterocycles. The predicted octanol–water partition coefficient (Wildman–Crippen LogP) is 2.19. The summed E-state index contributed by atoms with van der Waals surface area (Å²) in [5.41, 5.74) is 0. The molecule has 0 aliphatic heterocycles. The highest BCUT2D eigenvalue weighted by molar-refractivity contribution is 4.79. The van der Waals surface area contributed by atoms with Crippen LogP contribution >= 0.6 is 0 Å². The largest absolute Gasteiger partial charge is 0.383 e. The summed E-state index contributed by atoms with van der Waals surface area (Å²) in [5, 5.41) is 3.60. The molecule has 1 fully saturated rings. The number of nitrogens with one attached hydrogen (secondary N) is 1. The van der Waals surface area contributed by atoms with E-state index in [2.05, 4.69) is 19.2 Å². The molecule has 1 aliphatic carbocycles. The Bertz CT molecular complexity index is 132. The van der Waals surface area contributed by atoms with Gasteiger partial charge in [-0.2, -0.15) is 0 Å². The molecule has 0 saturated heterocycles. The van der Waals surface area contributed by atoms with E-state index in [0.29, 0.717) is 12.1 Å². The van der Waals surface area contributed by atoms with Crippen molar-refractivity contribution in [2.45, 2.75) is 51.6 Å². The van der Waals surface area contributed by atoms with Crippen molar-refractivity contribution in [1.29, 1.82) is 0 Å². The van der Waals surface area contributed by atoms with E-state index in [9.17, 15) is 0 Å². The third kappa shape index (κ3) is 3.65. The Hall–Kier alpha value is -0.0800. The fraction of sp³-hybridized carbons (Fsp3) is 1.00. The third-order valence-corrected chi connectivity index (χ3v) is 3.07. The van der Waals surface area contributed by atoms with Gasteiger partial charge >= 0.3 is 0 Å². The van der Waals surface area contributed by atoms with Crippen molar-refractivity contribution < 1.29 is 4.74 Å². The minimum Gasteiger partial charge on any atom is -0.383 e. The van der Waals surface area contributed by atoms with Gasteiger partial charge in [0.1, 0.15) is 0 Å². The summed E-state index contributed by atoms with van der Waals surface area (Å²) < 4.78 is 5.10. The Balaban J connectivity index is 2.18. The van der Waals surface area contributed by atoms with Crippen LogP contribution in [-0.4, -0.2) is 25.8 Å². The second-order valence-electron chi connectivity index (χ2n) is 4.36. The zero-order chi connectivity index (χ0) is 9.68. The maximum Gasteiger partial charge on any atom is 0.0613 e. The first kappa shape index (κ1) is 11.0. The number of hydrogen-bond acceptors (Lipinski definition) is 2. The van der Waals surface area contributed by atoms with Crippen LogP contribution in [-0.2, 0) is 4.74 Å². The lowest BCUT2D eigenvalue weighted by molar-refractivity contribution is 0.162. The Kier molecular flexibility index (Phi) is 4.74. The van der Waals surface area contributed by atoms with E-state index in [0.717, 1.165) is 12.5 Å². The van der Waals surface area contributed by atoms with Crippen LogP contribution in [0.15, 0.2) is 0 Å². The fourth-order valence-corrected chi connectivity index (χ4v) is 2.34. The molecular weight excluding hydrogens is 162 g/mol. The van der Waals surface area contributed by atoms with Crippen molar-refractivity contribution >= 4 is 0 Å². The minimum absolute atomic E-state index is 0.487. The summed E-state index contributed by atoms with van der Waals surface area (Å²) in [7, 11) is 1.76. The Labute approximate surface area is 82.0 Å². The van der Waals surface area contributed by atoms with Crippen LogP contribution in [0.4, 0.5) is 0 Å². The summed E-state index contributed by atoms with van der Waals surface area (Å²) in [4.78, 5) is 0. The number of hydrogen-bond donors (Lipinski definition) is 1. The molecule has 0 radical (unpaired) electrons. The number of methoxy groups -OCH3 is 1. The second-order valence-corrected chi connectivity index (χ2v) is 4.36. The third-order valence-electron chi connectivity index (χ3n) is 3.07. The predicted molar refractivity (Wildman–Crippen MR) is 55.9 cm³/mol. The van der Waals surface area contributed by atoms with Crippen LogP contribution in [0.5, 0.6) is 0 Å². The second kappa shape index (κ2) is 5.61. The normalized spacial score (nSPS) is 23.3. The molecule has 0 spiro atoms. The van der Waals surface area contributed by atoms with Crippen LogP contribution in [0.3, 0.4) is 0 Å². The smallest absolute Gasteiger partial charge is 0.0613 e. The van der Waals surface area contributed by atoms with Gasteiger partial charge in [0, 0.05) is 19.2 Å². The first-order valence-electron chi connectivity index (χ1n) is 5.49. The molecule has 0 amide bonds. The van der Waals surface area contributed by atoms with Crippen molar-refractivity contribution in [2.24, 2.45) is 5.92 Å². The lowest BCUT2D eigenvalue weighted by atomic mass is 9.99. The maximum atomic E-state index is 5.10. The van der Waals surface area contributed by atoms with Crippen molar-refractivity contribution in [3.63, 3.8) is 0 Å². The number of rotatable bonds is 5. The zero-order valence-electron chi connectivity index (χ0n) is 9.18. The molecule has 1 aliphatic rings. The van der Waals surface area contributed by atoms with Gasteiger partial charge in [-0.1, -0.05) is 12.8 Å². The molecule has 2 nitrogen and oxygen atoms in total. The first-order valence-corrected chi connectivity index (χ1v) is 5.49. The van der Waals surface area contributed by atoms with Crippen LogP contribution in [0.2, 0.25) is 0 Å². The monoisotopic (exact) mass is 185 g/mol. The van der Waals surface area contributed by atoms with Crippen molar-refractivity contribution in [1.82, 2.24) is 5.32 Å². The average Bonchev–Trinajstić information content (AvgIpc) is 2.55. The molecule has 0 aromatic rings. The van der Waals surface area contributed by atoms with Gasteiger partial charge in [0.25, 0.3) is 0 Å². The van der Waals surface area contributed by atoms with Crippen LogP contribution in [0.25, 0.3) is 0 Å². The van der Waals surface area contributed by atoms with E-state index < -0.39 is 0 Å². The molecule has 2 unspecified atom stereocenters. The standard InChI is InChI=1S/C11H23NO/c1-9(8-13-3)12-10(2)11-6-4-5-7-11/h9-12H,4-8H2,1-3H3. The Morgan fingerprint density at radius 1 is 1.31 bits per heavy atom. The maximum absolute atomic E-state index is 5.10. The summed E-state index contributed by atoms with van der Waals surface area (Å²) in [6.45, 7) is 5.31. The lowest BCUT2D eigenvalue weighted by Crippen LogP contribution is -2.40. The van der Waals surface area contributed by atoms with Gasteiger partial charge in [-0.15, -0.1) is 0 Å². The van der Waals surface area contributed by atoms with Crippen molar-refractivity contribution in [3.05, 3.63) is 0 Å². The van der Waals surface area contributed by atoms with Gasteiger partial charge in [0.05, 0.1) is 6.61 Å². The van der Waals surface area contributed by atoms with Crippen molar-refractivity contribution in [3.8, 4) is 0 Å². The van der Waals surface area contributed by atoms with Gasteiger partial charge < -0.3 is 10.1 Å². The summed E-state index contributed by atoms with van der Waals surface area (Å²) >= 11 is 0.